The van der Waals surface area contributed by atoms with Crippen LogP contribution in [0.15, 0.2) is 28.7 Å². The van der Waals surface area contributed by atoms with Gasteiger partial charge in [0.25, 0.3) is 0 Å². The van der Waals surface area contributed by atoms with Gasteiger partial charge in [0.05, 0.1) is 4.47 Å². The van der Waals surface area contributed by atoms with Gasteiger partial charge in [0, 0.05) is 23.3 Å². The Morgan fingerprint density at radius 2 is 2.11 bits per heavy atom. The summed E-state index contributed by atoms with van der Waals surface area (Å²) in [4.78, 5) is 8.55. The second-order valence-electron chi connectivity index (χ2n) is 3.88. The number of aromatic nitrogens is 2. The molecule has 0 spiro atoms. The number of rotatable bonds is 4. The van der Waals surface area contributed by atoms with Crippen LogP contribution in [0, 0.1) is 6.92 Å². The van der Waals surface area contributed by atoms with Crippen molar-refractivity contribution in [3.8, 4) is 11.6 Å². The molecule has 0 aliphatic carbocycles. The van der Waals surface area contributed by atoms with Crippen LogP contribution in [0.5, 0.6) is 11.6 Å². The van der Waals surface area contributed by atoms with Crippen molar-refractivity contribution in [1.29, 1.82) is 0 Å². The summed E-state index contributed by atoms with van der Waals surface area (Å²) in [6, 6.07) is 7.11. The van der Waals surface area contributed by atoms with E-state index in [1.165, 1.54) is 0 Å². The van der Waals surface area contributed by atoms with E-state index >= 15 is 0 Å². The molecular formula is C13H13BrClN3O. The van der Waals surface area contributed by atoms with Gasteiger partial charge in [-0.2, -0.15) is 4.98 Å². The van der Waals surface area contributed by atoms with E-state index in [1.807, 2.05) is 13.8 Å². The lowest BCUT2D eigenvalue weighted by atomic mass is 10.3. The van der Waals surface area contributed by atoms with Crippen molar-refractivity contribution in [1.82, 2.24) is 9.97 Å². The van der Waals surface area contributed by atoms with Gasteiger partial charge in [-0.25, -0.2) is 4.98 Å². The van der Waals surface area contributed by atoms with Crippen molar-refractivity contribution in [3.63, 3.8) is 0 Å². The van der Waals surface area contributed by atoms with Crippen molar-refractivity contribution in [2.24, 2.45) is 0 Å². The zero-order chi connectivity index (χ0) is 13.8. The highest BCUT2D eigenvalue weighted by molar-refractivity contribution is 9.10. The third-order valence-corrected chi connectivity index (χ3v) is 3.13. The Bertz CT molecular complexity index is 592. The van der Waals surface area contributed by atoms with E-state index in [0.29, 0.717) is 22.6 Å². The van der Waals surface area contributed by atoms with E-state index in [1.54, 1.807) is 24.3 Å². The van der Waals surface area contributed by atoms with Crippen LogP contribution < -0.4 is 10.1 Å². The topological polar surface area (TPSA) is 47.0 Å². The van der Waals surface area contributed by atoms with Crippen molar-refractivity contribution < 1.29 is 4.74 Å². The summed E-state index contributed by atoms with van der Waals surface area (Å²) in [5.41, 5.74) is 0.839. The standard InChI is InChI=1S/C13H13BrClN3O/c1-3-16-13-17-8(2)6-12(18-13)19-11-5-4-9(15)7-10(11)14/h4-7H,3H2,1-2H3,(H,16,17,18). The fraction of sp³-hybridized carbons (Fsp3) is 0.231. The second kappa shape index (κ2) is 6.21. The summed E-state index contributed by atoms with van der Waals surface area (Å²) in [6.45, 7) is 4.64. The second-order valence-corrected chi connectivity index (χ2v) is 5.17. The zero-order valence-corrected chi connectivity index (χ0v) is 12.9. The number of hydrogen-bond donors (Lipinski definition) is 1. The fourth-order valence-corrected chi connectivity index (χ4v) is 2.26. The first-order valence-electron chi connectivity index (χ1n) is 5.81. The Labute approximate surface area is 125 Å². The molecule has 0 saturated carbocycles. The average Bonchev–Trinajstić information content (AvgIpc) is 2.32. The highest BCUT2D eigenvalue weighted by atomic mass is 79.9. The first-order valence-corrected chi connectivity index (χ1v) is 6.98. The molecule has 0 saturated heterocycles. The number of aryl methyl sites for hydroxylation is 1. The van der Waals surface area contributed by atoms with E-state index in [-0.39, 0.29) is 0 Å². The lowest BCUT2D eigenvalue weighted by Crippen LogP contribution is -2.04. The minimum absolute atomic E-state index is 0.492. The minimum atomic E-state index is 0.492. The first kappa shape index (κ1) is 14.1. The SMILES string of the molecule is CCNc1nc(C)cc(Oc2ccc(Cl)cc2Br)n1. The summed E-state index contributed by atoms with van der Waals surface area (Å²) in [7, 11) is 0. The molecule has 0 radical (unpaired) electrons. The van der Waals surface area contributed by atoms with E-state index in [2.05, 4.69) is 31.2 Å². The number of benzene rings is 1. The monoisotopic (exact) mass is 341 g/mol. The quantitative estimate of drug-likeness (QED) is 0.893. The molecule has 0 aliphatic rings. The Balaban J connectivity index is 2.27. The third kappa shape index (κ3) is 3.81. The van der Waals surface area contributed by atoms with Gasteiger partial charge in [0.1, 0.15) is 5.75 Å². The van der Waals surface area contributed by atoms with E-state index in [4.69, 9.17) is 16.3 Å². The van der Waals surface area contributed by atoms with Gasteiger partial charge in [-0.15, -0.1) is 0 Å². The van der Waals surface area contributed by atoms with Crippen LogP contribution in [0.4, 0.5) is 5.95 Å². The van der Waals surface area contributed by atoms with Crippen molar-refractivity contribution in [2.75, 3.05) is 11.9 Å². The molecule has 0 unspecified atom stereocenters. The minimum Gasteiger partial charge on any atom is -0.438 e. The van der Waals surface area contributed by atoms with Gasteiger partial charge in [-0.05, 0) is 48.0 Å². The van der Waals surface area contributed by atoms with Crippen LogP contribution in [0.25, 0.3) is 0 Å². The predicted molar refractivity (Wildman–Crippen MR) is 80.2 cm³/mol. The number of hydrogen-bond acceptors (Lipinski definition) is 4. The third-order valence-electron chi connectivity index (χ3n) is 2.27. The van der Waals surface area contributed by atoms with E-state index in [0.717, 1.165) is 16.7 Å². The average molecular weight is 343 g/mol. The summed E-state index contributed by atoms with van der Waals surface area (Å²) in [6.07, 6.45) is 0. The Hall–Kier alpha value is -1.33. The largest absolute Gasteiger partial charge is 0.438 e. The zero-order valence-electron chi connectivity index (χ0n) is 10.6. The molecule has 4 nitrogen and oxygen atoms in total. The van der Waals surface area contributed by atoms with Gasteiger partial charge in [0.15, 0.2) is 0 Å². The molecule has 1 N–H and O–H groups in total. The highest BCUT2D eigenvalue weighted by Gasteiger charge is 2.07. The number of ether oxygens (including phenoxy) is 1. The summed E-state index contributed by atoms with van der Waals surface area (Å²) >= 11 is 9.29. The summed E-state index contributed by atoms with van der Waals surface area (Å²) in [5.74, 6) is 1.71. The maximum Gasteiger partial charge on any atom is 0.226 e. The predicted octanol–water partition coefficient (Wildman–Crippen LogP) is 4.43. The molecule has 0 atom stereocenters. The maximum absolute atomic E-state index is 5.89. The lowest BCUT2D eigenvalue weighted by molar-refractivity contribution is 0.459. The molecule has 0 aliphatic heterocycles. The Morgan fingerprint density at radius 3 is 2.79 bits per heavy atom. The summed E-state index contributed by atoms with van der Waals surface area (Å²) < 4.78 is 6.51. The van der Waals surface area contributed by atoms with Crippen LogP contribution in [0.3, 0.4) is 0 Å². The van der Waals surface area contributed by atoms with Crippen LogP contribution in [-0.4, -0.2) is 16.5 Å². The van der Waals surface area contributed by atoms with Gasteiger partial charge in [0.2, 0.25) is 11.8 Å². The van der Waals surface area contributed by atoms with Gasteiger partial charge in [-0.1, -0.05) is 11.6 Å². The molecule has 2 rings (SSSR count). The number of halogens is 2. The highest BCUT2D eigenvalue weighted by Crippen LogP contribution is 2.31. The van der Waals surface area contributed by atoms with Crippen LogP contribution in [-0.2, 0) is 0 Å². The van der Waals surface area contributed by atoms with E-state index in [9.17, 15) is 0 Å². The molecule has 1 heterocycles. The molecule has 0 amide bonds. The molecule has 19 heavy (non-hydrogen) atoms. The van der Waals surface area contributed by atoms with E-state index < -0.39 is 0 Å². The van der Waals surface area contributed by atoms with Crippen molar-refractivity contribution in [2.45, 2.75) is 13.8 Å². The molecule has 1 aromatic heterocycles. The first-order chi connectivity index (χ1) is 9.08. The van der Waals surface area contributed by atoms with Gasteiger partial charge in [-0.3, -0.25) is 0 Å². The van der Waals surface area contributed by atoms with Crippen molar-refractivity contribution in [3.05, 3.63) is 39.5 Å². The van der Waals surface area contributed by atoms with Gasteiger partial charge < -0.3 is 10.1 Å². The molecule has 6 heteroatoms. The van der Waals surface area contributed by atoms with Crippen LogP contribution in [0.2, 0.25) is 5.02 Å². The van der Waals surface area contributed by atoms with Crippen LogP contribution in [0.1, 0.15) is 12.6 Å². The maximum atomic E-state index is 5.89. The molecule has 2 aromatic rings. The Kier molecular flexibility index (Phi) is 4.61. The number of nitrogens with zero attached hydrogens (tertiary/aromatic N) is 2. The molecular weight excluding hydrogens is 330 g/mol. The fourth-order valence-electron chi connectivity index (χ4n) is 1.50. The normalized spacial score (nSPS) is 10.3. The Morgan fingerprint density at radius 1 is 1.32 bits per heavy atom. The molecule has 0 bridgehead atoms. The number of nitrogens with one attached hydrogen (secondary N) is 1. The lowest BCUT2D eigenvalue weighted by Gasteiger charge is -2.09. The van der Waals surface area contributed by atoms with Gasteiger partial charge >= 0.3 is 0 Å². The number of anilines is 1. The smallest absolute Gasteiger partial charge is 0.226 e. The summed E-state index contributed by atoms with van der Waals surface area (Å²) in [5, 5.41) is 3.71. The molecule has 0 fully saturated rings. The molecule has 1 aromatic carbocycles. The van der Waals surface area contributed by atoms with Crippen LogP contribution >= 0.6 is 27.5 Å². The van der Waals surface area contributed by atoms with Crippen molar-refractivity contribution >= 4 is 33.5 Å². The molecule has 100 valence electrons.